The Morgan fingerprint density at radius 1 is 0.885 bits per heavy atom. The summed E-state index contributed by atoms with van der Waals surface area (Å²) in [6.45, 7) is 0. The van der Waals surface area contributed by atoms with Crippen molar-refractivity contribution in [2.24, 2.45) is 5.16 Å². The Bertz CT molecular complexity index is 898. The number of benzene rings is 2. The number of non-ortho nitro benzene ring substituents is 1. The zero-order valence-corrected chi connectivity index (χ0v) is 13.5. The van der Waals surface area contributed by atoms with Crippen LogP contribution >= 0.6 is 0 Å². The van der Waals surface area contributed by atoms with Gasteiger partial charge < -0.3 is 4.84 Å². The molecule has 3 rings (SSSR count). The van der Waals surface area contributed by atoms with E-state index in [1.165, 1.54) is 24.3 Å². The first kappa shape index (κ1) is 17.0. The molecule has 0 bridgehead atoms. The molecule has 7 heteroatoms. The van der Waals surface area contributed by atoms with Gasteiger partial charge in [-0.25, -0.2) is 4.79 Å². The molecule has 0 fully saturated rings. The zero-order valence-electron chi connectivity index (χ0n) is 13.5. The number of pyridine rings is 1. The van der Waals surface area contributed by atoms with E-state index in [4.69, 9.17) is 4.84 Å². The average Bonchev–Trinajstić information content (AvgIpc) is 2.69. The van der Waals surface area contributed by atoms with Crippen molar-refractivity contribution in [1.29, 1.82) is 0 Å². The lowest BCUT2D eigenvalue weighted by Crippen LogP contribution is -2.08. The molecule has 128 valence electrons. The summed E-state index contributed by atoms with van der Waals surface area (Å²) in [5, 5.41) is 14.7. The third-order valence-electron chi connectivity index (χ3n) is 3.53. The Labute approximate surface area is 148 Å². The third kappa shape index (κ3) is 3.96. The van der Waals surface area contributed by atoms with Gasteiger partial charge in [-0.1, -0.05) is 35.5 Å². The van der Waals surface area contributed by atoms with Gasteiger partial charge in [-0.05, 0) is 24.3 Å². The summed E-state index contributed by atoms with van der Waals surface area (Å²) in [5.41, 5.74) is 2.05. The number of rotatable bonds is 5. The number of carbonyl (C=O) groups is 1. The fraction of sp³-hybridized carbons (Fsp3) is 0. The number of nitro benzene ring substituents is 1. The number of oxime groups is 1. The van der Waals surface area contributed by atoms with Gasteiger partial charge in [-0.2, -0.15) is 0 Å². The molecular weight excluding hydrogens is 334 g/mol. The Balaban J connectivity index is 1.86. The maximum absolute atomic E-state index is 12.2. The average molecular weight is 347 g/mol. The number of hydrogen-bond acceptors (Lipinski definition) is 6. The second-order valence-corrected chi connectivity index (χ2v) is 5.22. The maximum atomic E-state index is 12.2. The lowest BCUT2D eigenvalue weighted by molar-refractivity contribution is -0.384. The van der Waals surface area contributed by atoms with Crippen molar-refractivity contribution >= 4 is 17.4 Å². The molecule has 26 heavy (non-hydrogen) atoms. The van der Waals surface area contributed by atoms with Crippen LogP contribution in [0, 0.1) is 10.1 Å². The van der Waals surface area contributed by atoms with Crippen LogP contribution in [0.5, 0.6) is 0 Å². The molecule has 0 amide bonds. The summed E-state index contributed by atoms with van der Waals surface area (Å²) in [4.78, 5) is 31.3. The Hall–Kier alpha value is -3.87. The molecule has 0 radical (unpaired) electrons. The minimum absolute atomic E-state index is 0.105. The second-order valence-electron chi connectivity index (χ2n) is 5.22. The van der Waals surface area contributed by atoms with Gasteiger partial charge in [0.05, 0.1) is 10.5 Å². The summed E-state index contributed by atoms with van der Waals surface area (Å²) >= 11 is 0. The van der Waals surface area contributed by atoms with E-state index in [1.54, 1.807) is 24.5 Å². The fourth-order valence-corrected chi connectivity index (χ4v) is 2.24. The van der Waals surface area contributed by atoms with E-state index in [-0.39, 0.29) is 11.3 Å². The Morgan fingerprint density at radius 2 is 1.50 bits per heavy atom. The summed E-state index contributed by atoms with van der Waals surface area (Å²) in [6.07, 6.45) is 3.23. The van der Waals surface area contributed by atoms with Crippen molar-refractivity contribution in [2.45, 2.75) is 0 Å². The monoisotopic (exact) mass is 347 g/mol. The highest BCUT2D eigenvalue weighted by Crippen LogP contribution is 2.14. The molecule has 0 aliphatic heterocycles. The van der Waals surface area contributed by atoms with Gasteiger partial charge in [-0.15, -0.1) is 0 Å². The molecule has 0 aliphatic rings. The predicted octanol–water partition coefficient (Wildman–Crippen LogP) is 3.60. The molecule has 1 heterocycles. The highest BCUT2D eigenvalue weighted by molar-refractivity contribution is 6.12. The van der Waals surface area contributed by atoms with E-state index in [0.29, 0.717) is 5.71 Å². The molecule has 0 aliphatic carbocycles. The molecule has 0 N–H and O–H groups in total. The second kappa shape index (κ2) is 7.80. The van der Waals surface area contributed by atoms with E-state index >= 15 is 0 Å². The summed E-state index contributed by atoms with van der Waals surface area (Å²) < 4.78 is 0. The molecule has 0 saturated heterocycles. The maximum Gasteiger partial charge on any atom is 0.365 e. The standard InChI is InChI=1S/C19H13N3O4/c23-19(16-6-8-17(9-7-16)22(24)25)26-21-18(14-4-2-1-3-5-14)15-10-12-20-13-11-15/h1-13H/b21-18-. The number of hydrogen-bond donors (Lipinski definition) is 0. The van der Waals surface area contributed by atoms with Crippen molar-refractivity contribution in [3.63, 3.8) is 0 Å². The van der Waals surface area contributed by atoms with Crippen molar-refractivity contribution in [3.8, 4) is 0 Å². The van der Waals surface area contributed by atoms with Crippen LogP contribution in [0.2, 0.25) is 0 Å². The minimum Gasteiger partial charge on any atom is -0.312 e. The zero-order chi connectivity index (χ0) is 18.4. The Morgan fingerprint density at radius 3 is 2.12 bits per heavy atom. The predicted molar refractivity (Wildman–Crippen MR) is 94.8 cm³/mol. The molecule has 1 aromatic heterocycles. The molecule has 0 spiro atoms. The van der Waals surface area contributed by atoms with Gasteiger partial charge >= 0.3 is 5.97 Å². The van der Waals surface area contributed by atoms with Gasteiger partial charge in [-0.3, -0.25) is 15.1 Å². The molecule has 0 unspecified atom stereocenters. The van der Waals surface area contributed by atoms with Crippen LogP contribution in [0.4, 0.5) is 5.69 Å². The van der Waals surface area contributed by atoms with Crippen LogP contribution in [0.25, 0.3) is 0 Å². The summed E-state index contributed by atoms with van der Waals surface area (Å²) in [7, 11) is 0. The third-order valence-corrected chi connectivity index (χ3v) is 3.53. The molecule has 0 saturated carbocycles. The van der Waals surface area contributed by atoms with Gasteiger partial charge in [0.15, 0.2) is 0 Å². The van der Waals surface area contributed by atoms with Crippen molar-refractivity contribution in [1.82, 2.24) is 4.98 Å². The van der Waals surface area contributed by atoms with E-state index in [0.717, 1.165) is 11.1 Å². The van der Waals surface area contributed by atoms with E-state index in [9.17, 15) is 14.9 Å². The minimum atomic E-state index is -0.706. The number of carbonyl (C=O) groups excluding carboxylic acids is 1. The van der Waals surface area contributed by atoms with Gasteiger partial charge in [0, 0.05) is 35.7 Å². The first-order valence-electron chi connectivity index (χ1n) is 7.65. The number of nitro groups is 1. The topological polar surface area (TPSA) is 94.7 Å². The first-order valence-corrected chi connectivity index (χ1v) is 7.65. The van der Waals surface area contributed by atoms with E-state index in [1.807, 2.05) is 30.3 Å². The molecule has 2 aromatic carbocycles. The largest absolute Gasteiger partial charge is 0.365 e. The van der Waals surface area contributed by atoms with Gasteiger partial charge in [0.25, 0.3) is 5.69 Å². The molecule has 7 nitrogen and oxygen atoms in total. The summed E-state index contributed by atoms with van der Waals surface area (Å²) in [6, 6.07) is 17.9. The van der Waals surface area contributed by atoms with Crippen molar-refractivity contribution in [3.05, 3.63) is 106 Å². The SMILES string of the molecule is O=C(O/N=C(/c1ccccc1)c1ccncc1)c1ccc([N+](=O)[O-])cc1. The lowest BCUT2D eigenvalue weighted by atomic mass is 10.0. The van der Waals surface area contributed by atoms with Crippen molar-refractivity contribution in [2.75, 3.05) is 0 Å². The highest BCUT2D eigenvalue weighted by atomic mass is 16.7. The van der Waals surface area contributed by atoms with Crippen LogP contribution in [0.3, 0.4) is 0 Å². The van der Waals surface area contributed by atoms with Crippen molar-refractivity contribution < 1.29 is 14.6 Å². The van der Waals surface area contributed by atoms with E-state index in [2.05, 4.69) is 10.1 Å². The highest BCUT2D eigenvalue weighted by Gasteiger charge is 2.13. The smallest absolute Gasteiger partial charge is 0.312 e. The quantitative estimate of drug-likeness (QED) is 0.304. The summed E-state index contributed by atoms with van der Waals surface area (Å²) in [5.74, 6) is -0.706. The van der Waals surface area contributed by atoms with E-state index < -0.39 is 10.9 Å². The number of nitrogens with zero attached hydrogens (tertiary/aromatic N) is 3. The van der Waals surface area contributed by atoms with Crippen LogP contribution in [0.15, 0.2) is 84.3 Å². The first-order chi connectivity index (χ1) is 12.6. The van der Waals surface area contributed by atoms with Crippen LogP contribution in [-0.4, -0.2) is 21.6 Å². The molecule has 3 aromatic rings. The molecular formula is C19H13N3O4. The Kier molecular flexibility index (Phi) is 5.09. The van der Waals surface area contributed by atoms with Crippen LogP contribution < -0.4 is 0 Å². The number of aromatic nitrogens is 1. The lowest BCUT2D eigenvalue weighted by Gasteiger charge is -2.06. The van der Waals surface area contributed by atoms with Crippen LogP contribution in [-0.2, 0) is 4.84 Å². The fourth-order valence-electron chi connectivity index (χ4n) is 2.24. The van der Waals surface area contributed by atoms with Gasteiger partial charge in [0.2, 0.25) is 0 Å². The van der Waals surface area contributed by atoms with Crippen LogP contribution in [0.1, 0.15) is 21.5 Å². The normalized spacial score (nSPS) is 11.0. The molecule has 0 atom stereocenters. The van der Waals surface area contributed by atoms with Gasteiger partial charge in [0.1, 0.15) is 5.71 Å².